The van der Waals surface area contributed by atoms with Gasteiger partial charge in [0.25, 0.3) is 5.91 Å². The van der Waals surface area contributed by atoms with E-state index in [4.69, 9.17) is 10.2 Å². The summed E-state index contributed by atoms with van der Waals surface area (Å²) in [4.78, 5) is 23.5. The quantitative estimate of drug-likeness (QED) is 0.736. The molecule has 1 amide bonds. The number of carboxylic acid groups (broad SMARTS) is 1. The fourth-order valence-electron chi connectivity index (χ4n) is 1.46. The number of sulfonamides is 1. The predicted molar refractivity (Wildman–Crippen MR) is 66.0 cm³/mol. The van der Waals surface area contributed by atoms with Crippen LogP contribution in [0.4, 0.5) is 0 Å². The zero-order chi connectivity index (χ0) is 14.8. The van der Waals surface area contributed by atoms with Crippen LogP contribution in [0.25, 0.3) is 0 Å². The standard InChI is InChI=1S/C10H15N3O5S/c1-12(4-3-9(14)15)10(16)8-5-7(6-13(8)2)19(11,17)18/h5-6H,3-4H2,1-2H3,(H,14,15)(H2,11,17,18). The summed E-state index contributed by atoms with van der Waals surface area (Å²) in [6, 6.07) is 1.16. The Morgan fingerprint density at radius 2 is 2.05 bits per heavy atom. The highest BCUT2D eigenvalue weighted by molar-refractivity contribution is 7.89. The lowest BCUT2D eigenvalue weighted by Crippen LogP contribution is -2.30. The number of carboxylic acids is 1. The molecule has 19 heavy (non-hydrogen) atoms. The monoisotopic (exact) mass is 289 g/mol. The smallest absolute Gasteiger partial charge is 0.305 e. The van der Waals surface area contributed by atoms with Crippen LogP contribution in [0, 0.1) is 0 Å². The van der Waals surface area contributed by atoms with Crippen molar-refractivity contribution in [2.24, 2.45) is 12.2 Å². The van der Waals surface area contributed by atoms with Gasteiger partial charge in [0.1, 0.15) is 10.6 Å². The zero-order valence-electron chi connectivity index (χ0n) is 10.5. The summed E-state index contributed by atoms with van der Waals surface area (Å²) >= 11 is 0. The normalized spacial score (nSPS) is 11.3. The second-order valence-corrected chi connectivity index (χ2v) is 5.65. The Morgan fingerprint density at radius 1 is 1.47 bits per heavy atom. The number of rotatable bonds is 5. The second kappa shape index (κ2) is 5.41. The molecule has 9 heteroatoms. The van der Waals surface area contributed by atoms with E-state index in [0.717, 1.165) is 6.07 Å². The highest BCUT2D eigenvalue weighted by Crippen LogP contribution is 2.13. The third kappa shape index (κ3) is 3.80. The molecule has 0 radical (unpaired) electrons. The largest absolute Gasteiger partial charge is 0.481 e. The van der Waals surface area contributed by atoms with Gasteiger partial charge >= 0.3 is 5.97 Å². The summed E-state index contributed by atoms with van der Waals surface area (Å²) in [5.41, 5.74) is 0.122. The second-order valence-electron chi connectivity index (χ2n) is 4.09. The van der Waals surface area contributed by atoms with Crippen LogP contribution in [0.15, 0.2) is 17.2 Å². The number of nitrogens with two attached hydrogens (primary N) is 1. The number of carbonyl (C=O) groups is 2. The molecule has 1 heterocycles. The average Bonchev–Trinajstić information content (AvgIpc) is 2.66. The minimum atomic E-state index is -3.88. The number of hydrogen-bond donors (Lipinski definition) is 2. The maximum absolute atomic E-state index is 12.0. The van der Waals surface area contributed by atoms with Crippen LogP contribution in [0.3, 0.4) is 0 Å². The van der Waals surface area contributed by atoms with Crippen LogP contribution in [0.5, 0.6) is 0 Å². The summed E-state index contributed by atoms with van der Waals surface area (Å²) in [5, 5.41) is 13.5. The molecule has 106 valence electrons. The fourth-order valence-corrected chi connectivity index (χ4v) is 2.04. The summed E-state index contributed by atoms with van der Waals surface area (Å²) in [5.74, 6) is -1.49. The molecule has 1 aromatic heterocycles. The lowest BCUT2D eigenvalue weighted by atomic mass is 10.3. The minimum absolute atomic E-state index is 0.0318. The molecule has 1 rings (SSSR count). The van der Waals surface area contributed by atoms with Crippen LogP contribution in [-0.4, -0.2) is 48.5 Å². The number of primary sulfonamides is 1. The minimum Gasteiger partial charge on any atom is -0.481 e. The summed E-state index contributed by atoms with van der Waals surface area (Å²) in [6.07, 6.45) is 1.04. The number of hydrogen-bond acceptors (Lipinski definition) is 4. The Labute approximate surface area is 110 Å². The van der Waals surface area contributed by atoms with Crippen molar-refractivity contribution in [3.63, 3.8) is 0 Å². The molecular formula is C10H15N3O5S. The van der Waals surface area contributed by atoms with Gasteiger partial charge in [0.2, 0.25) is 10.0 Å². The number of carbonyl (C=O) groups excluding carboxylic acids is 1. The third-order valence-electron chi connectivity index (χ3n) is 2.54. The third-order valence-corrected chi connectivity index (χ3v) is 3.42. The summed E-state index contributed by atoms with van der Waals surface area (Å²) < 4.78 is 23.7. The number of aryl methyl sites for hydroxylation is 1. The first-order valence-corrected chi connectivity index (χ1v) is 6.84. The molecule has 3 N–H and O–H groups in total. The van der Waals surface area contributed by atoms with Crippen molar-refractivity contribution in [1.82, 2.24) is 9.47 Å². The highest BCUT2D eigenvalue weighted by Gasteiger charge is 2.20. The molecule has 1 aromatic rings. The Morgan fingerprint density at radius 3 is 2.47 bits per heavy atom. The molecule has 0 saturated heterocycles. The first kappa shape index (κ1) is 15.2. The van der Waals surface area contributed by atoms with Crippen LogP contribution >= 0.6 is 0 Å². The molecule has 0 aliphatic rings. The maximum Gasteiger partial charge on any atom is 0.305 e. The number of aromatic nitrogens is 1. The van der Waals surface area contributed by atoms with E-state index in [-0.39, 0.29) is 23.6 Å². The van der Waals surface area contributed by atoms with Gasteiger partial charge < -0.3 is 14.6 Å². The Kier molecular flexibility index (Phi) is 4.32. The lowest BCUT2D eigenvalue weighted by Gasteiger charge is -2.16. The predicted octanol–water partition coefficient (Wildman–Crippen LogP) is -0.781. The van der Waals surface area contributed by atoms with E-state index < -0.39 is 21.9 Å². The van der Waals surface area contributed by atoms with Gasteiger partial charge in [-0.15, -0.1) is 0 Å². The molecule has 0 saturated carbocycles. The van der Waals surface area contributed by atoms with Gasteiger partial charge in [0.15, 0.2) is 0 Å². The van der Waals surface area contributed by atoms with Crippen molar-refractivity contribution >= 4 is 21.9 Å². The fraction of sp³-hybridized carbons (Fsp3) is 0.400. The molecule has 8 nitrogen and oxygen atoms in total. The summed E-state index contributed by atoms with van der Waals surface area (Å²) in [7, 11) is -0.929. The highest BCUT2D eigenvalue weighted by atomic mass is 32.2. The molecule has 0 unspecified atom stereocenters. The van der Waals surface area contributed by atoms with Crippen molar-refractivity contribution in [1.29, 1.82) is 0 Å². The van der Waals surface area contributed by atoms with Gasteiger partial charge in [-0.25, -0.2) is 13.6 Å². The average molecular weight is 289 g/mol. The van der Waals surface area contributed by atoms with Gasteiger partial charge in [-0.3, -0.25) is 9.59 Å². The van der Waals surface area contributed by atoms with Gasteiger partial charge in [0.05, 0.1) is 6.42 Å². The van der Waals surface area contributed by atoms with Crippen LogP contribution in [0.1, 0.15) is 16.9 Å². The molecule has 0 atom stereocenters. The van der Waals surface area contributed by atoms with Gasteiger partial charge in [-0.2, -0.15) is 0 Å². The zero-order valence-corrected chi connectivity index (χ0v) is 11.3. The van der Waals surface area contributed by atoms with Crippen molar-refractivity contribution in [3.05, 3.63) is 18.0 Å². The number of amides is 1. The molecule has 0 aromatic carbocycles. The molecule has 0 aliphatic carbocycles. The molecule has 0 aliphatic heterocycles. The number of nitrogens with zero attached hydrogens (tertiary/aromatic N) is 2. The van der Waals surface area contributed by atoms with Gasteiger partial charge in [-0.1, -0.05) is 0 Å². The SMILES string of the molecule is CN(CCC(=O)O)C(=O)c1cc(S(N)(=O)=O)cn1C. The van der Waals surface area contributed by atoms with Gasteiger partial charge in [-0.05, 0) is 6.07 Å². The van der Waals surface area contributed by atoms with Crippen molar-refractivity contribution < 1.29 is 23.1 Å². The lowest BCUT2D eigenvalue weighted by molar-refractivity contribution is -0.137. The maximum atomic E-state index is 12.0. The Hall–Kier alpha value is -1.87. The van der Waals surface area contributed by atoms with Crippen molar-refractivity contribution in [2.45, 2.75) is 11.3 Å². The first-order valence-electron chi connectivity index (χ1n) is 5.29. The van der Waals surface area contributed by atoms with Crippen LogP contribution < -0.4 is 5.14 Å². The van der Waals surface area contributed by atoms with E-state index >= 15 is 0 Å². The summed E-state index contributed by atoms with van der Waals surface area (Å²) in [6.45, 7) is 0.0318. The molecule has 0 spiro atoms. The van der Waals surface area contributed by atoms with E-state index in [9.17, 15) is 18.0 Å². The Balaban J connectivity index is 2.94. The molecule has 0 fully saturated rings. The molecule has 0 bridgehead atoms. The van der Waals surface area contributed by atoms with E-state index in [1.54, 1.807) is 0 Å². The van der Waals surface area contributed by atoms with Crippen LogP contribution in [-0.2, 0) is 21.9 Å². The van der Waals surface area contributed by atoms with E-state index in [1.807, 2.05) is 0 Å². The van der Waals surface area contributed by atoms with Crippen molar-refractivity contribution in [2.75, 3.05) is 13.6 Å². The molecular weight excluding hydrogens is 274 g/mol. The van der Waals surface area contributed by atoms with E-state index in [2.05, 4.69) is 0 Å². The first-order chi connectivity index (χ1) is 8.62. The van der Waals surface area contributed by atoms with E-state index in [0.29, 0.717) is 0 Å². The number of aliphatic carboxylic acids is 1. The van der Waals surface area contributed by atoms with Crippen LogP contribution in [0.2, 0.25) is 0 Å². The van der Waals surface area contributed by atoms with E-state index in [1.165, 1.54) is 29.8 Å². The topological polar surface area (TPSA) is 123 Å². The van der Waals surface area contributed by atoms with Gasteiger partial charge in [0, 0.05) is 26.8 Å². The van der Waals surface area contributed by atoms with Crippen molar-refractivity contribution in [3.8, 4) is 0 Å². The Bertz CT molecular complexity index is 605.